The minimum Gasteiger partial charge on any atom is -0.462 e. The molecule has 10 nitrogen and oxygen atoms in total. The van der Waals surface area contributed by atoms with Crippen molar-refractivity contribution >= 4 is 19.8 Å². The molecule has 0 saturated carbocycles. The number of carbonyl (C=O) groups excluding carboxylic acids is 2. The summed E-state index contributed by atoms with van der Waals surface area (Å²) in [6, 6.07) is 0. The molecular weight excluding hydrogens is 814 g/mol. The van der Waals surface area contributed by atoms with E-state index in [1.807, 2.05) is 39.4 Å². The number of carbonyl (C=O) groups is 2. The molecule has 0 aromatic carbocycles. The van der Waals surface area contributed by atoms with Crippen molar-refractivity contribution in [2.75, 3.05) is 47.5 Å². The molecule has 0 aromatic rings. The van der Waals surface area contributed by atoms with Gasteiger partial charge in [0.15, 0.2) is 6.10 Å². The molecule has 3 atom stereocenters. The van der Waals surface area contributed by atoms with E-state index in [-0.39, 0.29) is 26.1 Å². The fourth-order valence-electron chi connectivity index (χ4n) is 6.91. The number of likely N-dealkylation sites (N-methyl/N-ethyl adjacent to an activating group) is 1. The number of allylic oxidation sites excluding steroid dienone is 6. The van der Waals surface area contributed by atoms with Gasteiger partial charge < -0.3 is 24.0 Å². The van der Waals surface area contributed by atoms with Gasteiger partial charge in [0.05, 0.1) is 33.9 Å². The summed E-state index contributed by atoms with van der Waals surface area (Å²) >= 11 is 0. The number of hydrogen-bond acceptors (Lipinski definition) is 8. The first-order chi connectivity index (χ1) is 30.4. The van der Waals surface area contributed by atoms with Gasteiger partial charge in [-0.3, -0.25) is 18.6 Å². The molecule has 368 valence electrons. The number of quaternary nitrogens is 1. The third kappa shape index (κ3) is 47.7. The zero-order valence-electron chi connectivity index (χ0n) is 41.2. The molecule has 0 bridgehead atoms. The maximum absolute atomic E-state index is 12.8. The largest absolute Gasteiger partial charge is 0.472 e. The Balaban J connectivity index is 4.38. The number of hydrogen-bond donors (Lipinski definition) is 2. The van der Waals surface area contributed by atoms with Crippen LogP contribution in [0.15, 0.2) is 48.6 Å². The molecule has 0 aliphatic carbocycles. The maximum atomic E-state index is 12.8. The van der Waals surface area contributed by atoms with Crippen LogP contribution in [0.4, 0.5) is 0 Å². The monoisotopic (exact) mass is 911 g/mol. The van der Waals surface area contributed by atoms with E-state index in [9.17, 15) is 24.2 Å². The number of nitrogens with zero attached hydrogens (tertiary/aromatic N) is 1. The summed E-state index contributed by atoms with van der Waals surface area (Å²) in [5.74, 6) is -0.922. The van der Waals surface area contributed by atoms with Crippen molar-refractivity contribution in [2.45, 2.75) is 225 Å². The number of ether oxygens (including phenoxy) is 2. The summed E-state index contributed by atoms with van der Waals surface area (Å²) in [6.07, 6.45) is 49.1. The Kier molecular flexibility index (Phi) is 42.4. The van der Waals surface area contributed by atoms with Gasteiger partial charge >= 0.3 is 19.8 Å². The van der Waals surface area contributed by atoms with Crippen molar-refractivity contribution in [3.8, 4) is 0 Å². The SMILES string of the molecule is CCCCC/C=C\C/C=C\CC(O)/C=C\C=C\CCCC(=O)OC[C@H](COP(=O)(O)OCC[N+](C)(C)C)OC(=O)CCCCCCCCCCCCCCCCCCCCCCC. The smallest absolute Gasteiger partial charge is 0.462 e. The highest BCUT2D eigenvalue weighted by molar-refractivity contribution is 7.47. The molecule has 0 saturated heterocycles. The second kappa shape index (κ2) is 43.8. The molecule has 0 fully saturated rings. The first-order valence-corrected chi connectivity index (χ1v) is 27.0. The normalized spacial score (nSPS) is 14.3. The zero-order chi connectivity index (χ0) is 46.5. The lowest BCUT2D eigenvalue weighted by molar-refractivity contribution is -0.870. The predicted molar refractivity (Wildman–Crippen MR) is 263 cm³/mol. The Bertz CT molecular complexity index is 1230. The number of phosphoric acid groups is 1. The van der Waals surface area contributed by atoms with Crippen molar-refractivity contribution in [1.29, 1.82) is 0 Å². The van der Waals surface area contributed by atoms with Crippen molar-refractivity contribution in [2.24, 2.45) is 0 Å². The molecule has 2 N–H and O–H groups in total. The number of unbranched alkanes of at least 4 members (excludes halogenated alkanes) is 24. The van der Waals surface area contributed by atoms with Gasteiger partial charge in [-0.25, -0.2) is 4.57 Å². The summed E-state index contributed by atoms with van der Waals surface area (Å²) < 4.78 is 34.3. The van der Waals surface area contributed by atoms with Crippen LogP contribution in [0, 0.1) is 0 Å². The average molecular weight is 911 g/mol. The Morgan fingerprint density at radius 1 is 0.571 bits per heavy atom. The first-order valence-electron chi connectivity index (χ1n) is 25.5. The average Bonchev–Trinajstić information content (AvgIpc) is 3.23. The molecule has 0 spiro atoms. The molecule has 0 aliphatic heterocycles. The highest BCUT2D eigenvalue weighted by Crippen LogP contribution is 2.43. The fraction of sp³-hybridized carbons (Fsp3) is 0.808. The maximum Gasteiger partial charge on any atom is 0.472 e. The van der Waals surface area contributed by atoms with Crippen LogP contribution in [-0.2, 0) is 32.7 Å². The molecule has 11 heteroatoms. The Hall–Kier alpha value is -2.07. The lowest BCUT2D eigenvalue weighted by Gasteiger charge is -2.24. The third-order valence-corrected chi connectivity index (χ3v) is 11.9. The van der Waals surface area contributed by atoms with E-state index in [1.54, 1.807) is 12.2 Å². The summed E-state index contributed by atoms with van der Waals surface area (Å²) in [4.78, 5) is 35.5. The molecule has 0 amide bonds. The minimum absolute atomic E-state index is 0.00964. The van der Waals surface area contributed by atoms with E-state index < -0.39 is 38.6 Å². The highest BCUT2D eigenvalue weighted by Gasteiger charge is 2.27. The van der Waals surface area contributed by atoms with Crippen LogP contribution in [0.3, 0.4) is 0 Å². The van der Waals surface area contributed by atoms with Gasteiger partial charge in [-0.05, 0) is 44.9 Å². The van der Waals surface area contributed by atoms with E-state index in [0.29, 0.717) is 36.7 Å². The summed E-state index contributed by atoms with van der Waals surface area (Å²) in [5, 5.41) is 10.2. The molecule has 0 radical (unpaired) electrons. The summed E-state index contributed by atoms with van der Waals surface area (Å²) in [7, 11) is 1.40. The number of aliphatic hydroxyl groups excluding tert-OH is 1. The second-order valence-electron chi connectivity index (χ2n) is 18.4. The molecule has 0 rings (SSSR count). The minimum atomic E-state index is -4.41. The molecule has 63 heavy (non-hydrogen) atoms. The quantitative estimate of drug-likeness (QED) is 0.0153. The van der Waals surface area contributed by atoms with Gasteiger partial charge in [0, 0.05) is 12.8 Å². The number of aliphatic hydroxyl groups is 1. The Morgan fingerprint density at radius 2 is 1.06 bits per heavy atom. The van der Waals surface area contributed by atoms with Gasteiger partial charge in [0.25, 0.3) is 0 Å². The van der Waals surface area contributed by atoms with Gasteiger partial charge in [-0.2, -0.15) is 0 Å². The van der Waals surface area contributed by atoms with Crippen molar-refractivity contribution in [1.82, 2.24) is 0 Å². The molecular formula is C52H97NO9P+. The topological polar surface area (TPSA) is 129 Å². The zero-order valence-corrected chi connectivity index (χ0v) is 42.1. The van der Waals surface area contributed by atoms with Crippen LogP contribution in [0.1, 0.15) is 213 Å². The van der Waals surface area contributed by atoms with Gasteiger partial charge in [-0.15, -0.1) is 0 Å². The Labute approximate surface area is 386 Å². The summed E-state index contributed by atoms with van der Waals surface area (Å²) in [5.41, 5.74) is 0. The highest BCUT2D eigenvalue weighted by atomic mass is 31.2. The predicted octanol–water partition coefficient (Wildman–Crippen LogP) is 14.0. The van der Waals surface area contributed by atoms with Crippen molar-refractivity contribution in [3.05, 3.63) is 48.6 Å². The molecule has 0 aromatic heterocycles. The van der Waals surface area contributed by atoms with E-state index in [4.69, 9.17) is 18.5 Å². The van der Waals surface area contributed by atoms with E-state index in [0.717, 1.165) is 32.1 Å². The van der Waals surface area contributed by atoms with Crippen LogP contribution in [0.5, 0.6) is 0 Å². The van der Waals surface area contributed by atoms with Gasteiger partial charge in [-0.1, -0.05) is 204 Å². The Morgan fingerprint density at radius 3 is 1.62 bits per heavy atom. The second-order valence-corrected chi connectivity index (χ2v) is 19.9. The van der Waals surface area contributed by atoms with E-state index in [2.05, 4.69) is 32.1 Å². The summed E-state index contributed by atoms with van der Waals surface area (Å²) in [6.45, 7) is 4.25. The van der Waals surface area contributed by atoms with E-state index >= 15 is 0 Å². The number of rotatable bonds is 46. The number of phosphoric ester groups is 1. The van der Waals surface area contributed by atoms with Crippen LogP contribution in [0.2, 0.25) is 0 Å². The van der Waals surface area contributed by atoms with E-state index in [1.165, 1.54) is 128 Å². The number of esters is 2. The molecule has 2 unspecified atom stereocenters. The first kappa shape index (κ1) is 60.9. The van der Waals surface area contributed by atoms with Crippen molar-refractivity contribution in [3.63, 3.8) is 0 Å². The van der Waals surface area contributed by atoms with Crippen LogP contribution >= 0.6 is 7.82 Å². The van der Waals surface area contributed by atoms with Crippen molar-refractivity contribution < 1.29 is 47.2 Å². The van der Waals surface area contributed by atoms with Crippen LogP contribution in [-0.4, -0.2) is 86.1 Å². The molecule has 0 aliphatic rings. The van der Waals surface area contributed by atoms with Crippen LogP contribution in [0.25, 0.3) is 0 Å². The van der Waals surface area contributed by atoms with Crippen LogP contribution < -0.4 is 0 Å². The third-order valence-electron chi connectivity index (χ3n) is 10.9. The lowest BCUT2D eigenvalue weighted by Crippen LogP contribution is -2.37. The molecule has 0 heterocycles. The van der Waals surface area contributed by atoms with Gasteiger partial charge in [0.2, 0.25) is 0 Å². The lowest BCUT2D eigenvalue weighted by atomic mass is 10.0. The fourth-order valence-corrected chi connectivity index (χ4v) is 7.65. The van der Waals surface area contributed by atoms with Gasteiger partial charge in [0.1, 0.15) is 19.8 Å². The standard InChI is InChI=1S/C52H96NO9P/c1-6-8-10-12-14-16-17-18-19-20-21-22-23-24-25-26-27-29-31-35-40-44-52(56)62-50(48-61-63(57,58)60-46-45-53(3,4)5)47-59-51(55)43-39-36-32-34-38-42-49(54)41-37-33-30-28-15-13-11-9-7-2/h15,28,32-34,37-38,42,49-50,54H,6-14,16-27,29-31,35-36,39-41,43-48H2,1-5H3/p+1/b28-15-,34-32+,37-33-,42-38-/t49?,50-/m1/s1.